The predicted molar refractivity (Wildman–Crippen MR) is 106 cm³/mol. The number of amides is 2. The van der Waals surface area contributed by atoms with Gasteiger partial charge in [0.25, 0.3) is 5.91 Å². The van der Waals surface area contributed by atoms with Crippen LogP contribution in [-0.2, 0) is 11.3 Å². The Morgan fingerprint density at radius 2 is 1.81 bits per heavy atom. The summed E-state index contributed by atoms with van der Waals surface area (Å²) < 4.78 is 0.768. The summed E-state index contributed by atoms with van der Waals surface area (Å²) in [5.74, 6) is -0.0218. The van der Waals surface area contributed by atoms with E-state index in [1.807, 2.05) is 30.3 Å². The Morgan fingerprint density at radius 1 is 1.12 bits per heavy atom. The first kappa shape index (κ1) is 18.9. The molecule has 2 amide bonds. The molecular weight excluding hydrogens is 416 g/mol. The zero-order valence-corrected chi connectivity index (χ0v) is 16.6. The van der Waals surface area contributed by atoms with Crippen LogP contribution in [0.25, 0.3) is 0 Å². The van der Waals surface area contributed by atoms with Crippen molar-refractivity contribution in [3.05, 3.63) is 69.2 Å². The van der Waals surface area contributed by atoms with Gasteiger partial charge in [-0.15, -0.1) is 0 Å². The van der Waals surface area contributed by atoms with Crippen LogP contribution in [-0.4, -0.2) is 29.8 Å². The second-order valence-corrected chi connectivity index (χ2v) is 7.66. The fraction of sp³-hybridized carbons (Fsp3) is 0.300. The molecule has 1 heterocycles. The van der Waals surface area contributed by atoms with Crippen molar-refractivity contribution in [1.82, 2.24) is 10.2 Å². The fourth-order valence-corrected chi connectivity index (χ4v) is 3.51. The van der Waals surface area contributed by atoms with Crippen molar-refractivity contribution in [2.24, 2.45) is 5.92 Å². The number of hydrogen-bond acceptors (Lipinski definition) is 2. The van der Waals surface area contributed by atoms with E-state index in [2.05, 4.69) is 21.2 Å². The summed E-state index contributed by atoms with van der Waals surface area (Å²) in [5, 5.41) is 3.51. The molecule has 0 aromatic heterocycles. The topological polar surface area (TPSA) is 49.4 Å². The van der Waals surface area contributed by atoms with E-state index < -0.39 is 0 Å². The molecule has 1 aliphatic rings. The number of nitrogens with zero attached hydrogens (tertiary/aromatic N) is 1. The van der Waals surface area contributed by atoms with Gasteiger partial charge in [-0.3, -0.25) is 9.59 Å². The number of piperidine rings is 1. The Morgan fingerprint density at radius 3 is 2.46 bits per heavy atom. The smallest absolute Gasteiger partial charge is 0.253 e. The number of likely N-dealkylation sites (tertiary alicyclic amines) is 1. The molecule has 3 rings (SSSR count). The van der Waals surface area contributed by atoms with E-state index in [1.54, 1.807) is 23.1 Å². The second kappa shape index (κ2) is 8.69. The molecule has 6 heteroatoms. The molecule has 2 aromatic carbocycles. The molecule has 1 aliphatic heterocycles. The van der Waals surface area contributed by atoms with Crippen LogP contribution in [0.4, 0.5) is 0 Å². The Bertz CT molecular complexity index is 790. The molecule has 0 spiro atoms. The molecule has 0 radical (unpaired) electrons. The Hall–Kier alpha value is -1.85. The molecule has 2 aromatic rings. The van der Waals surface area contributed by atoms with Crippen LogP contribution >= 0.6 is 27.5 Å². The number of nitrogens with one attached hydrogen (secondary N) is 1. The maximum absolute atomic E-state index is 12.6. The van der Waals surface area contributed by atoms with Gasteiger partial charge in [0.05, 0.1) is 5.02 Å². The van der Waals surface area contributed by atoms with Gasteiger partial charge in [0.2, 0.25) is 5.91 Å². The van der Waals surface area contributed by atoms with Crippen molar-refractivity contribution in [2.75, 3.05) is 13.1 Å². The highest BCUT2D eigenvalue weighted by molar-refractivity contribution is 9.10. The summed E-state index contributed by atoms with van der Waals surface area (Å²) in [5.41, 5.74) is 1.66. The van der Waals surface area contributed by atoms with Crippen LogP contribution in [0.2, 0.25) is 5.02 Å². The van der Waals surface area contributed by atoms with E-state index in [1.165, 1.54) is 0 Å². The first-order valence-electron chi connectivity index (χ1n) is 8.60. The monoisotopic (exact) mass is 434 g/mol. The second-order valence-electron chi connectivity index (χ2n) is 6.40. The maximum Gasteiger partial charge on any atom is 0.253 e. The number of carbonyl (C=O) groups excluding carboxylic acids is 2. The maximum atomic E-state index is 12.6. The predicted octanol–water partition coefficient (Wildman–Crippen LogP) is 4.27. The molecule has 1 N–H and O–H groups in total. The molecule has 26 heavy (non-hydrogen) atoms. The van der Waals surface area contributed by atoms with Crippen molar-refractivity contribution in [1.29, 1.82) is 0 Å². The number of halogens is 2. The molecule has 4 nitrogen and oxygen atoms in total. The highest BCUT2D eigenvalue weighted by Gasteiger charge is 2.27. The number of hydrogen-bond donors (Lipinski definition) is 1. The number of rotatable bonds is 4. The third-order valence-electron chi connectivity index (χ3n) is 4.63. The van der Waals surface area contributed by atoms with Crippen molar-refractivity contribution in [2.45, 2.75) is 19.4 Å². The molecule has 0 atom stereocenters. The minimum atomic E-state index is -0.0451. The number of benzene rings is 2. The highest BCUT2D eigenvalue weighted by Crippen LogP contribution is 2.25. The summed E-state index contributed by atoms with van der Waals surface area (Å²) in [6.45, 7) is 1.70. The molecule has 0 saturated carbocycles. The van der Waals surface area contributed by atoms with E-state index in [0.29, 0.717) is 43.1 Å². The van der Waals surface area contributed by atoms with Crippen LogP contribution in [0.15, 0.2) is 53.0 Å². The standard InChI is InChI=1S/C20H20BrClN2O2/c21-17-7-6-16(12-18(17)22)20(26)24-10-8-15(9-11-24)19(25)23-13-14-4-2-1-3-5-14/h1-7,12,15H,8-11,13H2,(H,23,25). The van der Waals surface area contributed by atoms with E-state index in [0.717, 1.165) is 10.0 Å². The zero-order chi connectivity index (χ0) is 18.5. The lowest BCUT2D eigenvalue weighted by molar-refractivity contribution is -0.126. The Labute approximate surface area is 166 Å². The van der Waals surface area contributed by atoms with Gasteiger partial charge < -0.3 is 10.2 Å². The van der Waals surface area contributed by atoms with Crippen LogP contribution in [0.3, 0.4) is 0 Å². The highest BCUT2D eigenvalue weighted by atomic mass is 79.9. The van der Waals surface area contributed by atoms with Crippen LogP contribution in [0, 0.1) is 5.92 Å². The summed E-state index contributed by atoms with van der Waals surface area (Å²) in [4.78, 5) is 26.8. The van der Waals surface area contributed by atoms with E-state index in [9.17, 15) is 9.59 Å². The summed E-state index contributed by atoms with van der Waals surface area (Å²) in [6.07, 6.45) is 1.35. The lowest BCUT2D eigenvalue weighted by Gasteiger charge is -2.31. The third-order valence-corrected chi connectivity index (χ3v) is 5.86. The fourth-order valence-electron chi connectivity index (χ4n) is 3.09. The van der Waals surface area contributed by atoms with Crippen LogP contribution in [0.5, 0.6) is 0 Å². The average Bonchev–Trinajstić information content (AvgIpc) is 2.68. The number of carbonyl (C=O) groups is 2. The third kappa shape index (κ3) is 4.65. The molecule has 1 saturated heterocycles. The molecular formula is C20H20BrClN2O2. The first-order valence-corrected chi connectivity index (χ1v) is 9.77. The normalized spacial score (nSPS) is 14.9. The van der Waals surface area contributed by atoms with E-state index in [4.69, 9.17) is 11.6 Å². The van der Waals surface area contributed by atoms with Gasteiger partial charge in [0.15, 0.2) is 0 Å². The molecule has 0 unspecified atom stereocenters. The van der Waals surface area contributed by atoms with Crippen LogP contribution in [0.1, 0.15) is 28.8 Å². The van der Waals surface area contributed by atoms with E-state index >= 15 is 0 Å². The molecule has 136 valence electrons. The van der Waals surface area contributed by atoms with Gasteiger partial charge in [-0.2, -0.15) is 0 Å². The first-order chi connectivity index (χ1) is 12.5. The van der Waals surface area contributed by atoms with Gasteiger partial charge in [-0.1, -0.05) is 41.9 Å². The Balaban J connectivity index is 1.51. The van der Waals surface area contributed by atoms with Gasteiger partial charge in [-0.05, 0) is 52.5 Å². The van der Waals surface area contributed by atoms with Gasteiger partial charge in [-0.25, -0.2) is 0 Å². The largest absolute Gasteiger partial charge is 0.352 e. The van der Waals surface area contributed by atoms with Gasteiger partial charge >= 0.3 is 0 Å². The molecule has 0 bridgehead atoms. The van der Waals surface area contributed by atoms with Crippen molar-refractivity contribution in [3.63, 3.8) is 0 Å². The van der Waals surface area contributed by atoms with Gasteiger partial charge in [0, 0.05) is 35.6 Å². The minimum absolute atomic E-state index is 0.0393. The SMILES string of the molecule is O=C(NCc1ccccc1)C1CCN(C(=O)c2ccc(Br)c(Cl)c2)CC1. The van der Waals surface area contributed by atoms with Crippen LogP contribution < -0.4 is 5.32 Å². The average molecular weight is 436 g/mol. The molecule has 1 fully saturated rings. The quantitative estimate of drug-likeness (QED) is 0.779. The van der Waals surface area contributed by atoms with Crippen molar-refractivity contribution < 1.29 is 9.59 Å². The minimum Gasteiger partial charge on any atom is -0.352 e. The van der Waals surface area contributed by atoms with Crippen molar-refractivity contribution >= 4 is 39.3 Å². The zero-order valence-electron chi connectivity index (χ0n) is 14.3. The lowest BCUT2D eigenvalue weighted by Crippen LogP contribution is -2.42. The van der Waals surface area contributed by atoms with Crippen molar-refractivity contribution in [3.8, 4) is 0 Å². The Kier molecular flexibility index (Phi) is 6.33. The lowest BCUT2D eigenvalue weighted by atomic mass is 9.95. The summed E-state index contributed by atoms with van der Waals surface area (Å²) in [6, 6.07) is 15.1. The molecule has 0 aliphatic carbocycles. The van der Waals surface area contributed by atoms with E-state index in [-0.39, 0.29) is 17.7 Å². The van der Waals surface area contributed by atoms with Gasteiger partial charge in [0.1, 0.15) is 0 Å². The summed E-state index contributed by atoms with van der Waals surface area (Å²) >= 11 is 9.40. The summed E-state index contributed by atoms with van der Waals surface area (Å²) in [7, 11) is 0.